The van der Waals surface area contributed by atoms with Gasteiger partial charge in [-0.05, 0) is 47.5 Å². The maximum Gasteiger partial charge on any atom is 0.416 e. The van der Waals surface area contributed by atoms with Crippen molar-refractivity contribution < 1.29 is 18.0 Å². The van der Waals surface area contributed by atoms with Crippen molar-refractivity contribution in [3.05, 3.63) is 57.1 Å². The van der Waals surface area contributed by atoms with Crippen LogP contribution in [0.5, 0.6) is 0 Å². The summed E-state index contributed by atoms with van der Waals surface area (Å²) in [5.74, 6) is -0.311. The number of alkyl halides is 3. The van der Waals surface area contributed by atoms with E-state index in [1.165, 1.54) is 23.5 Å². The molecule has 3 nitrogen and oxygen atoms in total. The van der Waals surface area contributed by atoms with E-state index in [0.717, 1.165) is 28.8 Å². The van der Waals surface area contributed by atoms with Gasteiger partial charge in [-0.3, -0.25) is 4.79 Å². The number of carbonyl (C=O) groups is 1. The lowest BCUT2D eigenvalue weighted by atomic mass is 10.2. The van der Waals surface area contributed by atoms with E-state index >= 15 is 0 Å². The Kier molecular flexibility index (Phi) is 4.27. The first kappa shape index (κ1) is 15.8. The fourth-order valence-electron chi connectivity index (χ4n) is 1.85. The van der Waals surface area contributed by atoms with Crippen LogP contribution in [-0.4, -0.2) is 11.1 Å². The van der Waals surface area contributed by atoms with Crippen molar-refractivity contribution in [2.75, 3.05) is 0 Å². The molecule has 0 bridgehead atoms. The average molecular weight is 354 g/mol. The highest BCUT2D eigenvalue weighted by molar-refractivity contribution is 8.18. The predicted molar refractivity (Wildman–Crippen MR) is 86.6 cm³/mol. The molecule has 1 N–H and O–H groups in total. The number of nitrogens with one attached hydrogen (secondary N) is 1. The molecule has 1 aliphatic rings. The number of thiophene rings is 1. The zero-order valence-corrected chi connectivity index (χ0v) is 13.1. The first-order chi connectivity index (χ1) is 10.9. The van der Waals surface area contributed by atoms with Crippen LogP contribution in [0.15, 0.2) is 51.7 Å². The Morgan fingerprint density at radius 2 is 2.00 bits per heavy atom. The average Bonchev–Trinajstić information content (AvgIpc) is 3.10. The third kappa shape index (κ3) is 3.83. The van der Waals surface area contributed by atoms with Crippen molar-refractivity contribution in [2.24, 2.45) is 4.99 Å². The molecule has 23 heavy (non-hydrogen) atoms. The van der Waals surface area contributed by atoms with E-state index in [0.29, 0.717) is 4.91 Å². The second-order valence-electron chi connectivity index (χ2n) is 4.55. The molecule has 0 aliphatic carbocycles. The molecule has 1 amide bonds. The van der Waals surface area contributed by atoms with Gasteiger partial charge in [0.15, 0.2) is 5.17 Å². The quantitative estimate of drug-likeness (QED) is 0.797. The van der Waals surface area contributed by atoms with Gasteiger partial charge in [0.25, 0.3) is 5.91 Å². The maximum absolute atomic E-state index is 12.7. The molecule has 8 heteroatoms. The van der Waals surface area contributed by atoms with E-state index in [2.05, 4.69) is 10.3 Å². The Morgan fingerprint density at radius 3 is 2.70 bits per heavy atom. The molecule has 1 aromatic heterocycles. The van der Waals surface area contributed by atoms with Gasteiger partial charge in [-0.1, -0.05) is 12.1 Å². The van der Waals surface area contributed by atoms with Crippen LogP contribution in [0.2, 0.25) is 0 Å². The summed E-state index contributed by atoms with van der Waals surface area (Å²) < 4.78 is 38.1. The fourth-order valence-corrected chi connectivity index (χ4v) is 3.42. The van der Waals surface area contributed by atoms with E-state index in [9.17, 15) is 18.0 Å². The summed E-state index contributed by atoms with van der Waals surface area (Å²) in [5.41, 5.74) is -0.636. The minimum Gasteiger partial charge on any atom is -0.300 e. The van der Waals surface area contributed by atoms with Gasteiger partial charge in [-0.15, -0.1) is 11.3 Å². The highest BCUT2D eigenvalue weighted by atomic mass is 32.2. The number of nitrogens with zero attached hydrogens (tertiary/aromatic N) is 1. The van der Waals surface area contributed by atoms with Gasteiger partial charge in [0.2, 0.25) is 0 Å². The Morgan fingerprint density at radius 1 is 1.17 bits per heavy atom. The van der Waals surface area contributed by atoms with Crippen LogP contribution < -0.4 is 5.32 Å². The summed E-state index contributed by atoms with van der Waals surface area (Å²) in [6.07, 6.45) is -2.70. The molecule has 0 unspecified atom stereocenters. The number of amidine groups is 1. The minimum atomic E-state index is -4.42. The van der Waals surface area contributed by atoms with Crippen molar-refractivity contribution in [1.29, 1.82) is 0 Å². The lowest BCUT2D eigenvalue weighted by Crippen LogP contribution is -2.19. The zero-order valence-electron chi connectivity index (χ0n) is 11.4. The molecule has 0 spiro atoms. The van der Waals surface area contributed by atoms with Gasteiger partial charge >= 0.3 is 6.18 Å². The topological polar surface area (TPSA) is 41.5 Å². The van der Waals surface area contributed by atoms with E-state index in [-0.39, 0.29) is 16.8 Å². The van der Waals surface area contributed by atoms with Crippen LogP contribution in [0.4, 0.5) is 18.9 Å². The van der Waals surface area contributed by atoms with Crippen LogP contribution in [0.3, 0.4) is 0 Å². The van der Waals surface area contributed by atoms with Crippen LogP contribution in [-0.2, 0) is 11.0 Å². The number of thioether (sulfide) groups is 1. The van der Waals surface area contributed by atoms with E-state index < -0.39 is 11.7 Å². The van der Waals surface area contributed by atoms with Crippen molar-refractivity contribution in [2.45, 2.75) is 6.18 Å². The van der Waals surface area contributed by atoms with E-state index in [1.54, 1.807) is 6.08 Å². The number of amides is 1. The fraction of sp³-hybridized carbons (Fsp3) is 0.0667. The first-order valence-corrected chi connectivity index (χ1v) is 8.12. The highest BCUT2D eigenvalue weighted by Crippen LogP contribution is 2.33. The number of hydrogen-bond acceptors (Lipinski definition) is 4. The summed E-state index contributed by atoms with van der Waals surface area (Å²) in [5, 5.41) is 4.70. The molecule has 1 saturated heterocycles. The van der Waals surface area contributed by atoms with Crippen molar-refractivity contribution in [3.63, 3.8) is 0 Å². The van der Waals surface area contributed by atoms with Crippen LogP contribution >= 0.6 is 23.1 Å². The molecular weight excluding hydrogens is 345 g/mol. The van der Waals surface area contributed by atoms with Gasteiger partial charge in [0, 0.05) is 4.88 Å². The van der Waals surface area contributed by atoms with Crippen LogP contribution in [0.1, 0.15) is 10.4 Å². The largest absolute Gasteiger partial charge is 0.416 e. The molecule has 1 fully saturated rings. The summed E-state index contributed by atoms with van der Waals surface area (Å²) in [4.78, 5) is 17.3. The van der Waals surface area contributed by atoms with Gasteiger partial charge in [-0.2, -0.15) is 13.2 Å². The second-order valence-corrected chi connectivity index (χ2v) is 6.56. The molecule has 0 saturated carbocycles. The maximum atomic E-state index is 12.7. The number of benzene rings is 1. The van der Waals surface area contributed by atoms with Crippen LogP contribution in [0, 0.1) is 0 Å². The van der Waals surface area contributed by atoms with Gasteiger partial charge in [0.05, 0.1) is 16.2 Å². The molecule has 0 radical (unpaired) electrons. The molecule has 1 aromatic carbocycles. The molecule has 2 heterocycles. The highest BCUT2D eigenvalue weighted by Gasteiger charge is 2.30. The molecular formula is C15H9F3N2OS2. The Labute approximate surface area is 137 Å². The van der Waals surface area contributed by atoms with Crippen LogP contribution in [0.25, 0.3) is 6.08 Å². The molecule has 1 aliphatic heterocycles. The monoisotopic (exact) mass is 354 g/mol. The van der Waals surface area contributed by atoms with E-state index in [4.69, 9.17) is 0 Å². The van der Waals surface area contributed by atoms with Crippen molar-refractivity contribution in [1.82, 2.24) is 5.32 Å². The number of carbonyl (C=O) groups excluding carboxylic acids is 1. The number of aliphatic imine (C=N–C) groups is 1. The summed E-state index contributed by atoms with van der Waals surface area (Å²) in [6.45, 7) is 0. The normalized spacial score (nSPS) is 18.7. The first-order valence-electron chi connectivity index (χ1n) is 6.42. The summed E-state index contributed by atoms with van der Waals surface area (Å²) in [6, 6.07) is 8.40. The minimum absolute atomic E-state index is 0.139. The number of halogens is 3. The molecule has 3 rings (SSSR count). The predicted octanol–water partition coefficient (Wildman–Crippen LogP) is 4.66. The molecule has 118 valence electrons. The zero-order chi connectivity index (χ0) is 16.4. The molecule has 0 atom stereocenters. The van der Waals surface area contributed by atoms with E-state index in [1.807, 2.05) is 17.5 Å². The second kappa shape index (κ2) is 6.21. The summed E-state index contributed by atoms with van der Waals surface area (Å²) in [7, 11) is 0. The Hall–Kier alpha value is -2.06. The lowest BCUT2D eigenvalue weighted by Gasteiger charge is -2.06. The molecule has 2 aromatic rings. The SMILES string of the molecule is O=C1NC(=Nc2cccc(C(F)(F)F)c2)S/C1=C/c1cccs1. The number of rotatable bonds is 2. The lowest BCUT2D eigenvalue weighted by molar-refractivity contribution is -0.137. The van der Waals surface area contributed by atoms with Crippen molar-refractivity contribution in [3.8, 4) is 0 Å². The van der Waals surface area contributed by atoms with Gasteiger partial charge in [-0.25, -0.2) is 4.99 Å². The summed E-state index contributed by atoms with van der Waals surface area (Å²) >= 11 is 2.59. The Bertz CT molecular complexity index is 795. The smallest absolute Gasteiger partial charge is 0.300 e. The van der Waals surface area contributed by atoms with Gasteiger partial charge in [0.1, 0.15) is 0 Å². The standard InChI is InChI=1S/C15H9F3N2OS2/c16-15(17,18)9-3-1-4-10(7-9)19-14-20-13(21)12(23-14)8-11-5-2-6-22-11/h1-8H,(H,19,20,21)/b12-8+. The third-order valence-electron chi connectivity index (χ3n) is 2.87. The number of hydrogen-bond donors (Lipinski definition) is 1. The van der Waals surface area contributed by atoms with Gasteiger partial charge < -0.3 is 5.32 Å². The third-order valence-corrected chi connectivity index (χ3v) is 4.60. The van der Waals surface area contributed by atoms with Crippen molar-refractivity contribution >= 4 is 45.9 Å². The Balaban J connectivity index is 1.83.